The van der Waals surface area contributed by atoms with Gasteiger partial charge in [-0.2, -0.15) is 0 Å². The molecule has 2 aromatic carbocycles. The van der Waals surface area contributed by atoms with E-state index < -0.39 is 0 Å². The highest BCUT2D eigenvalue weighted by molar-refractivity contribution is 6.08. The van der Waals surface area contributed by atoms with E-state index in [4.69, 9.17) is 0 Å². The summed E-state index contributed by atoms with van der Waals surface area (Å²) in [7, 11) is 0. The molecule has 0 saturated carbocycles. The number of rotatable bonds is 5. The molecule has 2 rings (SSSR count). The van der Waals surface area contributed by atoms with Gasteiger partial charge >= 0.3 is 0 Å². The van der Waals surface area contributed by atoms with E-state index in [1.54, 1.807) is 18.2 Å². The molecule has 1 N–H and O–H groups in total. The van der Waals surface area contributed by atoms with Gasteiger partial charge in [-0.25, -0.2) is 0 Å². The van der Waals surface area contributed by atoms with E-state index in [1.165, 1.54) is 18.2 Å². The molecule has 0 aliphatic carbocycles. The highest BCUT2D eigenvalue weighted by atomic mass is 16.1. The van der Waals surface area contributed by atoms with Crippen LogP contribution in [-0.4, -0.2) is 11.7 Å². The van der Waals surface area contributed by atoms with Crippen molar-refractivity contribution in [1.82, 2.24) is 0 Å². The lowest BCUT2D eigenvalue weighted by Gasteiger charge is -1.99. The van der Waals surface area contributed by atoms with Gasteiger partial charge in [0.05, 0.1) is 0 Å². The highest BCUT2D eigenvalue weighted by Gasteiger charge is 1.97. The number of anilines is 1. The molecule has 0 aromatic heterocycles. The lowest BCUT2D eigenvalue weighted by atomic mass is 10.2. The SMILES string of the molecule is O=C(/C=C/C(=O)Nc1ccccc1)/C=C/c1ccccc1. The largest absolute Gasteiger partial charge is 0.323 e. The maximum absolute atomic E-state index is 11.6. The van der Waals surface area contributed by atoms with Crippen LogP contribution in [0, 0.1) is 0 Å². The first-order chi connectivity index (χ1) is 10.2. The Morgan fingerprint density at radius 3 is 2.05 bits per heavy atom. The highest BCUT2D eigenvalue weighted by Crippen LogP contribution is 2.05. The van der Waals surface area contributed by atoms with Crippen LogP contribution < -0.4 is 5.32 Å². The van der Waals surface area contributed by atoms with Crippen molar-refractivity contribution in [3.8, 4) is 0 Å². The Labute approximate surface area is 123 Å². The molecule has 0 spiro atoms. The van der Waals surface area contributed by atoms with Crippen molar-refractivity contribution >= 4 is 23.5 Å². The minimum absolute atomic E-state index is 0.234. The molecule has 2 aromatic rings. The van der Waals surface area contributed by atoms with Crippen LogP contribution in [0.4, 0.5) is 5.69 Å². The summed E-state index contributed by atoms with van der Waals surface area (Å²) in [6.45, 7) is 0. The topological polar surface area (TPSA) is 46.2 Å². The standard InChI is InChI=1S/C18H15NO2/c20-17(12-11-15-7-3-1-4-8-15)13-14-18(21)19-16-9-5-2-6-10-16/h1-14H,(H,19,21)/b12-11+,14-13+. The van der Waals surface area contributed by atoms with E-state index in [0.717, 1.165) is 5.56 Å². The third-order valence-electron chi connectivity index (χ3n) is 2.68. The molecule has 0 saturated heterocycles. The predicted molar refractivity (Wildman–Crippen MR) is 84.7 cm³/mol. The number of ketones is 1. The van der Waals surface area contributed by atoms with Gasteiger partial charge in [0.25, 0.3) is 0 Å². The Hall–Kier alpha value is -2.94. The van der Waals surface area contributed by atoms with Crippen molar-refractivity contribution in [2.75, 3.05) is 5.32 Å². The van der Waals surface area contributed by atoms with Crippen LogP contribution in [-0.2, 0) is 9.59 Å². The first-order valence-electron chi connectivity index (χ1n) is 6.55. The number of hydrogen-bond acceptors (Lipinski definition) is 2. The van der Waals surface area contributed by atoms with Crippen molar-refractivity contribution < 1.29 is 9.59 Å². The van der Waals surface area contributed by atoms with Crippen LogP contribution in [0.2, 0.25) is 0 Å². The van der Waals surface area contributed by atoms with Crippen molar-refractivity contribution in [2.45, 2.75) is 0 Å². The van der Waals surface area contributed by atoms with E-state index >= 15 is 0 Å². The van der Waals surface area contributed by atoms with E-state index in [1.807, 2.05) is 48.5 Å². The molecule has 104 valence electrons. The van der Waals surface area contributed by atoms with Crippen LogP contribution >= 0.6 is 0 Å². The minimum Gasteiger partial charge on any atom is -0.323 e. The van der Waals surface area contributed by atoms with Crippen LogP contribution in [0.1, 0.15) is 5.56 Å². The molecular formula is C18H15NO2. The summed E-state index contributed by atoms with van der Waals surface area (Å²) < 4.78 is 0. The molecule has 0 heterocycles. The maximum atomic E-state index is 11.6. The number of allylic oxidation sites excluding steroid dienone is 2. The summed E-state index contributed by atoms with van der Waals surface area (Å²) >= 11 is 0. The summed E-state index contributed by atoms with van der Waals surface area (Å²) in [5.41, 5.74) is 1.63. The van der Waals surface area contributed by atoms with Gasteiger partial charge in [-0.15, -0.1) is 0 Å². The summed E-state index contributed by atoms with van der Waals surface area (Å²) in [6, 6.07) is 18.6. The lowest BCUT2D eigenvalue weighted by Crippen LogP contribution is -2.08. The van der Waals surface area contributed by atoms with Gasteiger partial charge in [0.1, 0.15) is 0 Å². The Kier molecular flexibility index (Phi) is 5.24. The van der Waals surface area contributed by atoms with E-state index in [2.05, 4.69) is 5.32 Å². The van der Waals surface area contributed by atoms with E-state index in [9.17, 15) is 9.59 Å². The van der Waals surface area contributed by atoms with Gasteiger partial charge in [0.2, 0.25) is 5.91 Å². The smallest absolute Gasteiger partial charge is 0.248 e. The Balaban J connectivity index is 1.87. The normalized spacial score (nSPS) is 10.9. The molecule has 0 bridgehead atoms. The molecule has 3 nitrogen and oxygen atoms in total. The lowest BCUT2D eigenvalue weighted by molar-refractivity contribution is -0.113. The molecule has 0 fully saturated rings. The Morgan fingerprint density at radius 2 is 1.38 bits per heavy atom. The number of carbonyl (C=O) groups excluding carboxylic acids is 2. The summed E-state index contributed by atoms with van der Waals surface area (Å²) in [5, 5.41) is 2.67. The van der Waals surface area contributed by atoms with Gasteiger partial charge in [0, 0.05) is 11.8 Å². The molecule has 0 aliphatic rings. The summed E-state index contributed by atoms with van der Waals surface area (Å²) in [5.74, 6) is -0.565. The molecular weight excluding hydrogens is 262 g/mol. The van der Waals surface area contributed by atoms with Gasteiger partial charge in [-0.05, 0) is 29.8 Å². The Bertz CT molecular complexity index is 658. The zero-order valence-corrected chi connectivity index (χ0v) is 11.4. The summed E-state index contributed by atoms with van der Waals surface area (Å²) in [6.07, 6.45) is 5.62. The van der Waals surface area contributed by atoms with Gasteiger partial charge in [-0.3, -0.25) is 9.59 Å². The number of para-hydroxylation sites is 1. The fraction of sp³-hybridized carbons (Fsp3) is 0. The molecule has 0 atom stereocenters. The van der Waals surface area contributed by atoms with E-state index in [-0.39, 0.29) is 11.7 Å². The first-order valence-corrected chi connectivity index (χ1v) is 6.55. The number of benzene rings is 2. The fourth-order valence-corrected chi connectivity index (χ4v) is 1.66. The monoisotopic (exact) mass is 277 g/mol. The van der Waals surface area contributed by atoms with Crippen LogP contribution in [0.5, 0.6) is 0 Å². The third kappa shape index (κ3) is 5.28. The minimum atomic E-state index is -0.331. The average Bonchev–Trinajstić information content (AvgIpc) is 2.53. The number of amides is 1. The summed E-state index contributed by atoms with van der Waals surface area (Å²) in [4.78, 5) is 23.2. The molecule has 21 heavy (non-hydrogen) atoms. The second-order valence-corrected chi connectivity index (χ2v) is 4.33. The van der Waals surface area contributed by atoms with Crippen molar-refractivity contribution in [3.63, 3.8) is 0 Å². The first kappa shape index (κ1) is 14.5. The second kappa shape index (κ2) is 7.60. The van der Waals surface area contributed by atoms with Crippen LogP contribution in [0.25, 0.3) is 6.08 Å². The molecule has 0 aliphatic heterocycles. The zero-order valence-electron chi connectivity index (χ0n) is 11.4. The van der Waals surface area contributed by atoms with E-state index in [0.29, 0.717) is 5.69 Å². The van der Waals surface area contributed by atoms with Gasteiger partial charge in [0.15, 0.2) is 5.78 Å². The van der Waals surface area contributed by atoms with Gasteiger partial charge in [-0.1, -0.05) is 54.6 Å². The quantitative estimate of drug-likeness (QED) is 0.851. The Morgan fingerprint density at radius 1 is 0.762 bits per heavy atom. The number of carbonyl (C=O) groups is 2. The molecule has 0 unspecified atom stereocenters. The zero-order chi connectivity index (χ0) is 14.9. The fourth-order valence-electron chi connectivity index (χ4n) is 1.66. The van der Waals surface area contributed by atoms with Crippen LogP contribution in [0.3, 0.4) is 0 Å². The predicted octanol–water partition coefficient (Wildman–Crippen LogP) is 3.46. The number of nitrogens with one attached hydrogen (secondary N) is 1. The van der Waals surface area contributed by atoms with Crippen molar-refractivity contribution in [1.29, 1.82) is 0 Å². The number of hydrogen-bond donors (Lipinski definition) is 1. The third-order valence-corrected chi connectivity index (χ3v) is 2.68. The molecule has 3 heteroatoms. The second-order valence-electron chi connectivity index (χ2n) is 4.33. The van der Waals surface area contributed by atoms with Crippen molar-refractivity contribution in [2.24, 2.45) is 0 Å². The molecule has 1 amide bonds. The van der Waals surface area contributed by atoms with Gasteiger partial charge < -0.3 is 5.32 Å². The molecule has 0 radical (unpaired) electrons. The van der Waals surface area contributed by atoms with Crippen molar-refractivity contribution in [3.05, 3.63) is 84.5 Å². The average molecular weight is 277 g/mol. The van der Waals surface area contributed by atoms with Crippen LogP contribution in [0.15, 0.2) is 78.9 Å². The maximum Gasteiger partial charge on any atom is 0.248 e.